The molecule has 0 N–H and O–H groups in total. The van der Waals surface area contributed by atoms with Gasteiger partial charge in [0.1, 0.15) is 0 Å². The summed E-state index contributed by atoms with van der Waals surface area (Å²) in [6.07, 6.45) is 3.45. The zero-order chi connectivity index (χ0) is 10.4. The molecule has 1 saturated heterocycles. The van der Waals surface area contributed by atoms with Crippen molar-refractivity contribution in [2.24, 2.45) is 5.92 Å². The fourth-order valence-electron chi connectivity index (χ4n) is 1.97. The molecule has 1 radical (unpaired) electrons. The first-order chi connectivity index (χ1) is 6.74. The van der Waals surface area contributed by atoms with E-state index in [9.17, 15) is 0 Å². The van der Waals surface area contributed by atoms with Gasteiger partial charge in [0.2, 0.25) is 0 Å². The molecule has 1 fully saturated rings. The van der Waals surface area contributed by atoms with Crippen molar-refractivity contribution >= 4 is 7.41 Å². The molecule has 1 rings (SSSR count). The van der Waals surface area contributed by atoms with E-state index in [1.165, 1.54) is 25.9 Å². The summed E-state index contributed by atoms with van der Waals surface area (Å²) in [5.74, 6) is 0.813. The van der Waals surface area contributed by atoms with Crippen LogP contribution in [-0.2, 0) is 0 Å². The van der Waals surface area contributed by atoms with Crippen molar-refractivity contribution in [3.8, 4) is 0 Å². The van der Waals surface area contributed by atoms with Crippen LogP contribution < -0.4 is 0 Å². The molecule has 0 saturated carbocycles. The second kappa shape index (κ2) is 9.11. The van der Waals surface area contributed by atoms with E-state index >= 15 is 0 Å². The third-order valence-electron chi connectivity index (χ3n) is 3.00. The molecular formula is C11H22BN2U. The molecule has 0 unspecified atom stereocenters. The maximum absolute atomic E-state index is 4.38. The number of hydrogen-bond acceptors (Lipinski definition) is 1. The van der Waals surface area contributed by atoms with Crippen LogP contribution >= 0.6 is 0 Å². The van der Waals surface area contributed by atoms with Gasteiger partial charge in [0.25, 0.3) is 0 Å². The quantitative estimate of drug-likeness (QED) is 0.371. The Morgan fingerprint density at radius 2 is 2.00 bits per heavy atom. The summed E-state index contributed by atoms with van der Waals surface area (Å²) in [7, 11) is 1.94. The number of likely N-dealkylation sites (tertiary alicyclic amines) is 1. The van der Waals surface area contributed by atoms with E-state index in [2.05, 4.69) is 30.9 Å². The molecule has 0 aliphatic carbocycles. The summed E-state index contributed by atoms with van der Waals surface area (Å²) in [5.41, 5.74) is 0. The molecule has 1 aliphatic heterocycles. The van der Waals surface area contributed by atoms with E-state index < -0.39 is 0 Å². The molecule has 4 heteroatoms. The van der Waals surface area contributed by atoms with Crippen molar-refractivity contribution in [3.63, 3.8) is 0 Å². The number of rotatable bonds is 5. The van der Waals surface area contributed by atoms with Crippen LogP contribution in [0.2, 0.25) is 6.32 Å². The van der Waals surface area contributed by atoms with Crippen LogP contribution in [-0.4, -0.2) is 38.0 Å². The van der Waals surface area contributed by atoms with Gasteiger partial charge in [-0.1, -0.05) is 13.3 Å². The van der Waals surface area contributed by atoms with Gasteiger partial charge in [-0.05, 0) is 39.8 Å². The molecule has 0 spiro atoms. The Hall–Kier alpha value is 1.04. The van der Waals surface area contributed by atoms with Crippen LogP contribution in [0.25, 0.3) is 5.23 Å². The summed E-state index contributed by atoms with van der Waals surface area (Å²) >= 11 is 0. The van der Waals surface area contributed by atoms with Crippen molar-refractivity contribution in [3.05, 3.63) is 12.2 Å². The second-order valence-corrected chi connectivity index (χ2v) is 4.41. The summed E-state index contributed by atoms with van der Waals surface area (Å²) in [4.78, 5) is 2.56. The molecule has 0 aromatic heterocycles. The predicted octanol–water partition coefficient (Wildman–Crippen LogP) is 2.35. The molecule has 0 amide bonds. The molecule has 83 valence electrons. The minimum atomic E-state index is 0. The Morgan fingerprint density at radius 1 is 1.40 bits per heavy atom. The molecule has 1 heterocycles. The number of hydrogen-bond donors (Lipinski definition) is 0. The first-order valence-electron chi connectivity index (χ1n) is 5.75. The van der Waals surface area contributed by atoms with Crippen LogP contribution in [0.1, 0.15) is 26.7 Å². The molecule has 0 bridgehead atoms. The molecule has 0 aromatic carbocycles. The van der Waals surface area contributed by atoms with Gasteiger partial charge >= 0.3 is 31.1 Å². The van der Waals surface area contributed by atoms with Gasteiger partial charge in [-0.2, -0.15) is 6.54 Å². The Morgan fingerprint density at radius 3 is 2.47 bits per heavy atom. The summed E-state index contributed by atoms with van der Waals surface area (Å²) in [6, 6.07) is 0.708. The first-order valence-corrected chi connectivity index (χ1v) is 5.75. The Labute approximate surface area is 120 Å². The van der Waals surface area contributed by atoms with Crippen LogP contribution in [0, 0.1) is 44.0 Å². The topological polar surface area (TPSA) is 17.3 Å². The minimum absolute atomic E-state index is 0. The molecule has 0 aromatic rings. The number of piperidine rings is 1. The average Bonchev–Trinajstić information content (AvgIpc) is 2.19. The van der Waals surface area contributed by atoms with Crippen LogP contribution in [0.3, 0.4) is 0 Å². The zero-order valence-corrected chi connectivity index (χ0v) is 14.2. The third kappa shape index (κ3) is 6.37. The van der Waals surface area contributed by atoms with E-state index in [4.69, 9.17) is 0 Å². The van der Waals surface area contributed by atoms with Crippen LogP contribution in [0.5, 0.6) is 0 Å². The van der Waals surface area contributed by atoms with E-state index in [1.54, 1.807) is 0 Å². The van der Waals surface area contributed by atoms with E-state index in [1.807, 2.05) is 7.41 Å². The van der Waals surface area contributed by atoms with Gasteiger partial charge in [-0.3, -0.25) is 0 Å². The Balaban J connectivity index is 0.00000196. The van der Waals surface area contributed by atoms with Gasteiger partial charge in [0, 0.05) is 6.04 Å². The zero-order valence-electron chi connectivity index (χ0n) is 10.1. The van der Waals surface area contributed by atoms with Crippen molar-refractivity contribution in [2.75, 3.05) is 19.6 Å². The van der Waals surface area contributed by atoms with Crippen molar-refractivity contribution in [1.82, 2.24) is 4.90 Å². The molecular weight excluding hydrogens is 409 g/mol. The molecule has 15 heavy (non-hydrogen) atoms. The van der Waals surface area contributed by atoms with E-state index in [-0.39, 0.29) is 31.1 Å². The normalized spacial score (nSPS) is 18.9. The van der Waals surface area contributed by atoms with Gasteiger partial charge in [-0.15, -0.1) is 0 Å². The Bertz CT molecular complexity index is 148. The van der Waals surface area contributed by atoms with Crippen LogP contribution in [0.15, 0.2) is 0 Å². The van der Waals surface area contributed by atoms with Gasteiger partial charge in [0.05, 0.1) is 0 Å². The standard InChI is InChI=1S/C11H22BN2.U/c1-4-12-13-9-11-5-7-14(8-6-11)10(2)3;/h10-11H,1,4-9H2,2-3H3;/q-2;+2. The fourth-order valence-corrected chi connectivity index (χ4v) is 1.97. The van der Waals surface area contributed by atoms with Crippen molar-refractivity contribution < 1.29 is 31.1 Å². The van der Waals surface area contributed by atoms with Gasteiger partial charge < -0.3 is 17.1 Å². The van der Waals surface area contributed by atoms with Gasteiger partial charge in [-0.25, -0.2) is 6.32 Å². The largest absolute Gasteiger partial charge is 2.00 e. The predicted molar refractivity (Wildman–Crippen MR) is 63.6 cm³/mol. The van der Waals surface area contributed by atoms with E-state index in [0.29, 0.717) is 6.04 Å². The van der Waals surface area contributed by atoms with E-state index in [0.717, 1.165) is 18.8 Å². The fraction of sp³-hybridized carbons (Fsp3) is 0.909. The van der Waals surface area contributed by atoms with Gasteiger partial charge in [0.15, 0.2) is 0 Å². The maximum Gasteiger partial charge on any atom is 2.00 e. The monoisotopic (exact) mass is 431 g/mol. The molecule has 2 nitrogen and oxygen atoms in total. The second-order valence-electron chi connectivity index (χ2n) is 4.41. The molecule has 0 atom stereocenters. The van der Waals surface area contributed by atoms with Crippen LogP contribution in [0.4, 0.5) is 0 Å². The first kappa shape index (κ1) is 16.0. The maximum atomic E-state index is 4.38. The smallest absolute Gasteiger partial charge is 0.695 e. The number of nitrogens with zero attached hydrogens (tertiary/aromatic N) is 2. The summed E-state index contributed by atoms with van der Waals surface area (Å²) < 4.78 is 0. The molecule has 1 aliphatic rings. The summed E-state index contributed by atoms with van der Waals surface area (Å²) in [6.45, 7) is 11.8. The summed E-state index contributed by atoms with van der Waals surface area (Å²) in [5, 5.41) is 4.38. The minimum Gasteiger partial charge on any atom is -0.695 e. The third-order valence-corrected chi connectivity index (χ3v) is 3.00. The average molecular weight is 431 g/mol. The Kier molecular flexibility index (Phi) is 9.74. The van der Waals surface area contributed by atoms with Crippen molar-refractivity contribution in [1.29, 1.82) is 0 Å². The van der Waals surface area contributed by atoms with Crippen molar-refractivity contribution in [2.45, 2.75) is 39.1 Å². The SMILES string of the molecule is [CH2-]C[B][N-]CC1CCN(C(C)C)CC1.[U+2].